The second kappa shape index (κ2) is 8.71. The van der Waals surface area contributed by atoms with Crippen LogP contribution >= 0.6 is 0 Å². The summed E-state index contributed by atoms with van der Waals surface area (Å²) in [6, 6.07) is 15.9. The van der Waals surface area contributed by atoms with Crippen LogP contribution in [0.2, 0.25) is 0 Å². The summed E-state index contributed by atoms with van der Waals surface area (Å²) >= 11 is -2.58. The Kier molecular flexibility index (Phi) is 8.03. The standard InChI is InChI=1S/C13H9.2C4H10N.2ClH.H3Si.Ti/c1-3-7-12-10(5-1)9-11-6-2-4-8-13(11)12;2*1-4(2,3)5;;;;/h1-5,7-8H,9H2;2*5H,1-3H3;2*1H;1H3;/q;2*-1;;;;+2/p-2. The van der Waals surface area contributed by atoms with Crippen LogP contribution in [0, 0.1) is 0 Å². The van der Waals surface area contributed by atoms with Gasteiger partial charge in [-0.3, -0.25) is 0 Å². The Morgan fingerprint density at radius 2 is 1.30 bits per heavy atom. The monoisotopic (exact) mass is 458 g/mol. The summed E-state index contributed by atoms with van der Waals surface area (Å²) < 4.78 is 9.80. The van der Waals surface area contributed by atoms with E-state index < -0.39 is 16.4 Å². The molecule has 150 valence electrons. The van der Waals surface area contributed by atoms with Crippen LogP contribution in [-0.2, 0) is 22.8 Å². The van der Waals surface area contributed by atoms with E-state index in [1.165, 1.54) is 16.7 Å². The van der Waals surface area contributed by atoms with Gasteiger partial charge in [-0.1, -0.05) is 0 Å². The van der Waals surface area contributed by atoms with Crippen molar-refractivity contribution in [2.24, 2.45) is 0 Å². The van der Waals surface area contributed by atoms with Crippen LogP contribution in [0.1, 0.15) is 52.7 Å². The third-order valence-electron chi connectivity index (χ3n) is 4.64. The SMILES string of the molecule is CC(C)(C)[NH][Ti]([SiH3])([NH]C(C)(C)C)[c]1cccc2c1Cc1ccccc1-2.[Cl-].[Cl-]. The number of benzene rings is 2. The number of nitrogens with one attached hydrogen (secondary N) is 2. The van der Waals surface area contributed by atoms with Gasteiger partial charge in [-0.15, -0.1) is 0 Å². The molecule has 0 spiro atoms. The topological polar surface area (TPSA) is 24.1 Å². The Morgan fingerprint density at radius 1 is 0.778 bits per heavy atom. The van der Waals surface area contributed by atoms with Crippen molar-refractivity contribution in [3.05, 3.63) is 53.6 Å². The molecule has 27 heavy (non-hydrogen) atoms. The summed E-state index contributed by atoms with van der Waals surface area (Å²) in [6.45, 7) is 13.8. The zero-order chi connectivity index (χ0) is 18.5. The van der Waals surface area contributed by atoms with Crippen LogP contribution in [0.5, 0.6) is 0 Å². The molecule has 0 fully saturated rings. The van der Waals surface area contributed by atoms with Crippen LogP contribution in [0.4, 0.5) is 0 Å². The van der Waals surface area contributed by atoms with E-state index in [-0.39, 0.29) is 35.9 Å². The number of rotatable bonds is 3. The number of fused-ring (bicyclic) bond motifs is 3. The molecule has 6 heteroatoms. The zero-order valence-corrected chi connectivity index (χ0v) is 22.6. The summed E-state index contributed by atoms with van der Waals surface area (Å²) in [4.78, 5) is 0. The Hall–Kier alpha value is -0.129. The van der Waals surface area contributed by atoms with Gasteiger partial charge in [0.2, 0.25) is 0 Å². The third kappa shape index (κ3) is 5.70. The van der Waals surface area contributed by atoms with E-state index in [0.29, 0.717) is 0 Å². The van der Waals surface area contributed by atoms with Gasteiger partial charge < -0.3 is 24.8 Å². The molecular formula is C21H32Cl2N2SiTi-2. The van der Waals surface area contributed by atoms with Crippen LogP contribution in [0.15, 0.2) is 42.5 Å². The smallest absolute Gasteiger partial charge is 1.00 e. The van der Waals surface area contributed by atoms with Crippen molar-refractivity contribution in [3.63, 3.8) is 0 Å². The fraction of sp³-hybridized carbons (Fsp3) is 0.429. The van der Waals surface area contributed by atoms with Crippen molar-refractivity contribution >= 4 is 12.0 Å². The molecule has 1 aliphatic rings. The zero-order valence-electron chi connectivity index (χ0n) is 17.5. The van der Waals surface area contributed by atoms with Gasteiger partial charge in [0.25, 0.3) is 0 Å². The van der Waals surface area contributed by atoms with Gasteiger partial charge in [-0.2, -0.15) is 0 Å². The van der Waals surface area contributed by atoms with Crippen LogP contribution in [0.3, 0.4) is 0 Å². The van der Waals surface area contributed by atoms with E-state index in [1.807, 2.05) is 0 Å². The molecule has 0 heterocycles. The fourth-order valence-electron chi connectivity index (χ4n) is 4.29. The largest absolute Gasteiger partial charge is 1.00 e. The predicted molar refractivity (Wildman–Crippen MR) is 110 cm³/mol. The van der Waals surface area contributed by atoms with Crippen LogP contribution in [0.25, 0.3) is 11.1 Å². The normalized spacial score (nSPS) is 13.4. The first-order valence-corrected chi connectivity index (χ1v) is 17.3. The molecule has 0 atom stereocenters. The van der Waals surface area contributed by atoms with Gasteiger partial charge >= 0.3 is 160 Å². The second-order valence-electron chi connectivity index (χ2n) is 9.54. The molecule has 0 saturated carbocycles. The Balaban J connectivity index is 0.00000182. The molecular weight excluding hydrogens is 427 g/mol. The number of halogens is 2. The molecule has 2 nitrogen and oxygen atoms in total. The summed E-state index contributed by atoms with van der Waals surface area (Å²) in [5.74, 6) is 0. The minimum absolute atomic E-state index is 0. The summed E-state index contributed by atoms with van der Waals surface area (Å²) in [5.41, 5.74) is 6.15. The van der Waals surface area contributed by atoms with E-state index in [4.69, 9.17) is 0 Å². The first-order valence-electron chi connectivity index (χ1n) is 9.28. The summed E-state index contributed by atoms with van der Waals surface area (Å²) in [6.07, 6.45) is 1.08. The van der Waals surface area contributed by atoms with E-state index >= 15 is 0 Å². The Bertz CT molecular complexity index is 781. The number of hydrogen-bond donors (Lipinski definition) is 2. The molecule has 0 saturated heterocycles. The minimum atomic E-state index is -2.58. The van der Waals surface area contributed by atoms with Crippen molar-refractivity contribution in [2.45, 2.75) is 59.0 Å². The first kappa shape index (κ1) is 24.9. The van der Waals surface area contributed by atoms with Crippen LogP contribution < -0.4 is 36.3 Å². The van der Waals surface area contributed by atoms with Crippen LogP contribution in [-0.4, -0.2) is 19.2 Å². The van der Waals surface area contributed by atoms with E-state index in [1.54, 1.807) is 9.43 Å². The maximum absolute atomic E-state index is 4.10. The molecule has 0 aromatic heterocycles. The molecule has 2 N–H and O–H groups in total. The van der Waals surface area contributed by atoms with Crippen molar-refractivity contribution < 1.29 is 41.2 Å². The third-order valence-corrected chi connectivity index (χ3v) is 15.2. The molecule has 0 aliphatic heterocycles. The van der Waals surface area contributed by atoms with Gasteiger partial charge in [-0.05, 0) is 0 Å². The predicted octanol–water partition coefficient (Wildman–Crippen LogP) is -3.07. The molecule has 2 aromatic rings. The van der Waals surface area contributed by atoms with E-state index in [2.05, 4.69) is 91.6 Å². The first-order chi connectivity index (χ1) is 11.5. The fourth-order valence-corrected chi connectivity index (χ4v) is 19.6. The Morgan fingerprint density at radius 3 is 1.85 bits per heavy atom. The molecule has 0 bridgehead atoms. The van der Waals surface area contributed by atoms with Gasteiger partial charge in [0.1, 0.15) is 0 Å². The second-order valence-corrected chi connectivity index (χ2v) is 20.9. The molecule has 1 aliphatic carbocycles. The summed E-state index contributed by atoms with van der Waals surface area (Å²) in [7, 11) is 1.16. The minimum Gasteiger partial charge on any atom is -1.00 e. The molecule has 0 amide bonds. The van der Waals surface area contributed by atoms with E-state index in [9.17, 15) is 0 Å². The maximum atomic E-state index is 4.10. The van der Waals surface area contributed by atoms with Crippen molar-refractivity contribution in [3.8, 4) is 11.1 Å². The molecule has 0 radical (unpaired) electrons. The Labute approximate surface area is 183 Å². The van der Waals surface area contributed by atoms with Crippen molar-refractivity contribution in [1.29, 1.82) is 0 Å². The molecule has 2 aromatic carbocycles. The number of hydrogen-bond acceptors (Lipinski definition) is 2. The molecule has 3 rings (SSSR count). The van der Waals surface area contributed by atoms with E-state index in [0.717, 1.165) is 14.5 Å². The maximum Gasteiger partial charge on any atom is -1.00 e. The van der Waals surface area contributed by atoms with Gasteiger partial charge in [0.15, 0.2) is 0 Å². The average Bonchev–Trinajstić information content (AvgIpc) is 2.81. The van der Waals surface area contributed by atoms with Crippen molar-refractivity contribution in [1.82, 2.24) is 7.60 Å². The van der Waals surface area contributed by atoms with Crippen molar-refractivity contribution in [2.75, 3.05) is 0 Å². The van der Waals surface area contributed by atoms with Gasteiger partial charge in [0, 0.05) is 0 Å². The summed E-state index contributed by atoms with van der Waals surface area (Å²) in [5, 5.41) is 0. The van der Waals surface area contributed by atoms with Gasteiger partial charge in [0.05, 0.1) is 0 Å². The quantitative estimate of drug-likeness (QED) is 0.407. The van der Waals surface area contributed by atoms with Gasteiger partial charge in [-0.25, -0.2) is 0 Å². The average molecular weight is 459 g/mol. The molecule has 0 unspecified atom stereocenters.